The molecule has 3 aromatic rings. The summed E-state index contributed by atoms with van der Waals surface area (Å²) in [5.41, 5.74) is 9.74. The number of rotatable bonds is 1. The maximum Gasteiger partial charge on any atom is 0.220 e. The van der Waals surface area contributed by atoms with Gasteiger partial charge in [-0.3, -0.25) is 0 Å². The fraction of sp³-hybridized carbons (Fsp3) is 0.143. The van der Waals surface area contributed by atoms with Gasteiger partial charge in [0.1, 0.15) is 0 Å². The number of nitrogens with two attached hydrogens (primary N) is 1. The number of aryl methyl sites for hydroxylation is 2. The molecule has 2 aromatic heterocycles. The maximum absolute atomic E-state index is 5.72. The zero-order valence-corrected chi connectivity index (χ0v) is 10.4. The molecule has 1 aromatic carbocycles. The van der Waals surface area contributed by atoms with Crippen molar-refractivity contribution < 1.29 is 0 Å². The van der Waals surface area contributed by atoms with E-state index in [-0.39, 0.29) is 0 Å². The van der Waals surface area contributed by atoms with E-state index in [1.165, 1.54) is 10.9 Å². The van der Waals surface area contributed by atoms with Crippen LogP contribution in [-0.2, 0) is 7.05 Å². The lowest BCUT2D eigenvalue weighted by atomic mass is 10.1. The lowest BCUT2D eigenvalue weighted by Crippen LogP contribution is -1.97. The molecular formula is C14H14N4. The van der Waals surface area contributed by atoms with Crippen molar-refractivity contribution in [3.8, 4) is 11.3 Å². The van der Waals surface area contributed by atoms with Crippen molar-refractivity contribution in [1.82, 2.24) is 14.5 Å². The molecule has 3 rings (SSSR count). The molecule has 0 unspecified atom stereocenters. The van der Waals surface area contributed by atoms with Gasteiger partial charge in [-0.15, -0.1) is 0 Å². The molecular weight excluding hydrogens is 224 g/mol. The summed E-state index contributed by atoms with van der Waals surface area (Å²) in [6.45, 7) is 1.92. The maximum atomic E-state index is 5.72. The topological polar surface area (TPSA) is 56.7 Å². The Morgan fingerprint density at radius 2 is 1.94 bits per heavy atom. The molecule has 2 heterocycles. The minimum atomic E-state index is 0.318. The monoisotopic (exact) mass is 238 g/mol. The summed E-state index contributed by atoms with van der Waals surface area (Å²) in [5, 5.41) is 1.18. The minimum Gasteiger partial charge on any atom is -0.368 e. The van der Waals surface area contributed by atoms with Gasteiger partial charge in [-0.25, -0.2) is 9.97 Å². The molecule has 0 saturated heterocycles. The molecule has 0 aliphatic carbocycles. The Morgan fingerprint density at radius 3 is 2.72 bits per heavy atom. The van der Waals surface area contributed by atoms with Crippen LogP contribution in [0.4, 0.5) is 5.95 Å². The third-order valence-electron chi connectivity index (χ3n) is 3.04. The molecule has 18 heavy (non-hydrogen) atoms. The zero-order valence-electron chi connectivity index (χ0n) is 10.4. The first-order valence-electron chi connectivity index (χ1n) is 5.81. The highest BCUT2D eigenvalue weighted by Crippen LogP contribution is 2.29. The molecule has 90 valence electrons. The Kier molecular flexibility index (Phi) is 2.30. The van der Waals surface area contributed by atoms with E-state index in [1.807, 2.05) is 32.2 Å². The Hall–Kier alpha value is -2.36. The second-order valence-corrected chi connectivity index (χ2v) is 4.42. The molecule has 0 aliphatic heterocycles. The van der Waals surface area contributed by atoms with Crippen molar-refractivity contribution in [3.63, 3.8) is 0 Å². The van der Waals surface area contributed by atoms with Crippen LogP contribution in [0.3, 0.4) is 0 Å². The van der Waals surface area contributed by atoms with Gasteiger partial charge in [0.2, 0.25) is 5.95 Å². The first kappa shape index (κ1) is 10.8. The van der Waals surface area contributed by atoms with Gasteiger partial charge >= 0.3 is 0 Å². The predicted octanol–water partition coefficient (Wildman–Crippen LogP) is 2.53. The second-order valence-electron chi connectivity index (χ2n) is 4.42. The molecule has 4 heteroatoms. The van der Waals surface area contributed by atoms with Crippen molar-refractivity contribution in [1.29, 1.82) is 0 Å². The molecule has 0 amide bonds. The normalized spacial score (nSPS) is 11.0. The van der Waals surface area contributed by atoms with Gasteiger partial charge in [-0.2, -0.15) is 0 Å². The lowest BCUT2D eigenvalue weighted by molar-refractivity contribution is 0.969. The van der Waals surface area contributed by atoms with Crippen molar-refractivity contribution in [3.05, 3.63) is 42.2 Å². The lowest BCUT2D eigenvalue weighted by Gasteiger charge is -2.01. The number of nitrogens with zero attached hydrogens (tertiary/aromatic N) is 3. The van der Waals surface area contributed by atoms with E-state index in [9.17, 15) is 0 Å². The highest BCUT2D eigenvalue weighted by Gasteiger charge is 2.10. The third-order valence-corrected chi connectivity index (χ3v) is 3.04. The molecule has 0 fully saturated rings. The van der Waals surface area contributed by atoms with Crippen molar-refractivity contribution >= 4 is 16.9 Å². The van der Waals surface area contributed by atoms with Crippen LogP contribution in [0.25, 0.3) is 22.2 Å². The van der Waals surface area contributed by atoms with Gasteiger partial charge < -0.3 is 10.3 Å². The minimum absolute atomic E-state index is 0.318. The number of hydrogen-bond donors (Lipinski definition) is 1. The number of benzene rings is 1. The van der Waals surface area contributed by atoms with Crippen LogP contribution in [0, 0.1) is 6.92 Å². The Labute approximate surface area is 105 Å². The highest BCUT2D eigenvalue weighted by atomic mass is 15.0. The summed E-state index contributed by atoms with van der Waals surface area (Å²) >= 11 is 0. The molecule has 0 saturated carbocycles. The Balaban J connectivity index is 2.31. The summed E-state index contributed by atoms with van der Waals surface area (Å²) < 4.78 is 2.10. The van der Waals surface area contributed by atoms with E-state index in [4.69, 9.17) is 5.73 Å². The standard InChI is InChI=1S/C14H14N4/c1-9-7-12(17-14(15)16-9)11-8-18(2)13-6-4-3-5-10(11)13/h3-8H,1-2H3,(H2,15,16,17). The first-order valence-corrected chi connectivity index (χ1v) is 5.81. The summed E-state index contributed by atoms with van der Waals surface area (Å²) in [7, 11) is 2.03. The molecule has 0 radical (unpaired) electrons. The van der Waals surface area contributed by atoms with Gasteiger partial charge in [-0.1, -0.05) is 18.2 Å². The average Bonchev–Trinajstić information content (AvgIpc) is 2.66. The van der Waals surface area contributed by atoms with E-state index >= 15 is 0 Å². The van der Waals surface area contributed by atoms with Crippen molar-refractivity contribution in [2.75, 3.05) is 5.73 Å². The first-order chi connectivity index (χ1) is 8.65. The number of nitrogen functional groups attached to an aromatic ring is 1. The Morgan fingerprint density at radius 1 is 1.17 bits per heavy atom. The quantitative estimate of drug-likeness (QED) is 0.708. The number of para-hydroxylation sites is 1. The fourth-order valence-corrected chi connectivity index (χ4v) is 2.28. The zero-order chi connectivity index (χ0) is 12.7. The Bertz CT molecular complexity index is 707. The van der Waals surface area contributed by atoms with Gasteiger partial charge in [0.15, 0.2) is 0 Å². The molecule has 4 nitrogen and oxygen atoms in total. The largest absolute Gasteiger partial charge is 0.368 e. The molecule has 0 spiro atoms. The van der Waals surface area contributed by atoms with E-state index in [0.29, 0.717) is 5.95 Å². The smallest absolute Gasteiger partial charge is 0.220 e. The molecule has 0 aliphatic rings. The van der Waals surface area contributed by atoms with Crippen LogP contribution in [0.1, 0.15) is 5.69 Å². The van der Waals surface area contributed by atoms with Crippen molar-refractivity contribution in [2.24, 2.45) is 7.05 Å². The molecule has 2 N–H and O–H groups in total. The van der Waals surface area contributed by atoms with E-state index in [0.717, 1.165) is 17.0 Å². The summed E-state index contributed by atoms with van der Waals surface area (Å²) in [6, 6.07) is 10.2. The van der Waals surface area contributed by atoms with Crippen molar-refractivity contribution in [2.45, 2.75) is 6.92 Å². The number of hydrogen-bond acceptors (Lipinski definition) is 3. The van der Waals surface area contributed by atoms with Gasteiger partial charge in [0.25, 0.3) is 0 Å². The van der Waals surface area contributed by atoms with Gasteiger partial charge in [0, 0.05) is 35.4 Å². The van der Waals surface area contributed by atoms with Crippen LogP contribution < -0.4 is 5.73 Å². The van der Waals surface area contributed by atoms with Crippen LogP contribution >= 0.6 is 0 Å². The summed E-state index contributed by atoms with van der Waals surface area (Å²) in [4.78, 5) is 8.43. The summed E-state index contributed by atoms with van der Waals surface area (Å²) in [5.74, 6) is 0.318. The van der Waals surface area contributed by atoms with Crippen LogP contribution in [0.5, 0.6) is 0 Å². The van der Waals surface area contributed by atoms with Gasteiger partial charge in [0.05, 0.1) is 5.69 Å². The molecule has 0 atom stereocenters. The fourth-order valence-electron chi connectivity index (χ4n) is 2.28. The number of aromatic nitrogens is 3. The average molecular weight is 238 g/mol. The number of anilines is 1. The van der Waals surface area contributed by atoms with E-state index < -0.39 is 0 Å². The van der Waals surface area contributed by atoms with Crippen LogP contribution in [0.15, 0.2) is 36.5 Å². The highest BCUT2D eigenvalue weighted by molar-refractivity contribution is 5.95. The summed E-state index contributed by atoms with van der Waals surface area (Å²) in [6.07, 6.45) is 2.08. The van der Waals surface area contributed by atoms with Crippen LogP contribution in [0.2, 0.25) is 0 Å². The van der Waals surface area contributed by atoms with Crippen LogP contribution in [-0.4, -0.2) is 14.5 Å². The SMILES string of the molecule is Cc1cc(-c2cn(C)c3ccccc23)nc(N)n1. The number of fused-ring (bicyclic) bond motifs is 1. The van der Waals surface area contributed by atoms with E-state index in [2.05, 4.69) is 32.9 Å². The third kappa shape index (κ3) is 1.62. The van der Waals surface area contributed by atoms with E-state index in [1.54, 1.807) is 0 Å². The molecule has 0 bridgehead atoms. The predicted molar refractivity (Wildman–Crippen MR) is 73.1 cm³/mol. The second kappa shape index (κ2) is 3.84. The van der Waals surface area contributed by atoms with Gasteiger partial charge in [-0.05, 0) is 19.1 Å².